The third-order valence-corrected chi connectivity index (χ3v) is 4.45. The lowest BCUT2D eigenvalue weighted by molar-refractivity contribution is -0.150. The van der Waals surface area contributed by atoms with Gasteiger partial charge in [0, 0.05) is 11.0 Å². The van der Waals surface area contributed by atoms with E-state index in [0.29, 0.717) is 13.1 Å². The Bertz CT molecular complexity index is 670. The van der Waals surface area contributed by atoms with Gasteiger partial charge in [-0.15, -0.1) is 0 Å². The minimum absolute atomic E-state index is 0.0224. The van der Waals surface area contributed by atoms with Gasteiger partial charge in [-0.2, -0.15) is 0 Å². The van der Waals surface area contributed by atoms with Crippen LogP contribution in [-0.4, -0.2) is 31.1 Å². The first-order valence-electron chi connectivity index (χ1n) is 7.43. The predicted octanol–water partition coefficient (Wildman–Crippen LogP) is 3.56. The fourth-order valence-corrected chi connectivity index (χ4v) is 2.87. The Morgan fingerprint density at radius 3 is 2.52 bits per heavy atom. The maximum absolute atomic E-state index is 12.1. The van der Waals surface area contributed by atoms with E-state index in [0.717, 1.165) is 21.3 Å². The molecule has 23 heavy (non-hydrogen) atoms. The van der Waals surface area contributed by atoms with Crippen LogP contribution >= 0.6 is 15.9 Å². The number of hydrogen-bond acceptors (Lipinski definition) is 3. The summed E-state index contributed by atoms with van der Waals surface area (Å²) in [6, 6.07) is 15.8. The largest absolute Gasteiger partial charge is 0.497 e. The zero-order chi connectivity index (χ0) is 16.2. The van der Waals surface area contributed by atoms with Gasteiger partial charge >= 0.3 is 0 Å². The van der Waals surface area contributed by atoms with Crippen LogP contribution in [-0.2, 0) is 16.1 Å². The predicted molar refractivity (Wildman–Crippen MR) is 91.2 cm³/mol. The quantitative estimate of drug-likeness (QED) is 0.819. The van der Waals surface area contributed by atoms with Crippen molar-refractivity contribution in [3.05, 3.63) is 64.1 Å². The number of halogens is 1. The molecular weight excluding hydrogens is 358 g/mol. The van der Waals surface area contributed by atoms with Gasteiger partial charge < -0.3 is 14.4 Å². The minimum atomic E-state index is -0.0842. The van der Waals surface area contributed by atoms with Crippen molar-refractivity contribution in [1.29, 1.82) is 0 Å². The smallest absolute Gasteiger partial charge is 0.249 e. The van der Waals surface area contributed by atoms with Crippen molar-refractivity contribution in [2.24, 2.45) is 0 Å². The van der Waals surface area contributed by atoms with Crippen LogP contribution in [0, 0.1) is 0 Å². The monoisotopic (exact) mass is 375 g/mol. The fourth-order valence-electron chi connectivity index (χ4n) is 2.60. The van der Waals surface area contributed by atoms with E-state index in [-0.39, 0.29) is 18.6 Å². The normalized spacial score (nSPS) is 18.1. The highest BCUT2D eigenvalue weighted by Crippen LogP contribution is 2.25. The second kappa shape index (κ2) is 7.15. The van der Waals surface area contributed by atoms with Crippen molar-refractivity contribution < 1.29 is 14.3 Å². The highest BCUT2D eigenvalue weighted by Gasteiger charge is 2.27. The molecule has 1 fully saturated rings. The molecule has 0 bridgehead atoms. The van der Waals surface area contributed by atoms with Gasteiger partial charge in [0.2, 0.25) is 5.91 Å². The zero-order valence-electron chi connectivity index (χ0n) is 12.9. The number of hydrogen-bond donors (Lipinski definition) is 0. The van der Waals surface area contributed by atoms with Crippen LogP contribution in [0.1, 0.15) is 17.2 Å². The SMILES string of the molecule is COc1ccc(CN2C[C@@H](c3ccc(Br)cc3)OCC2=O)cc1. The third kappa shape index (κ3) is 3.92. The van der Waals surface area contributed by atoms with E-state index in [2.05, 4.69) is 15.9 Å². The Balaban J connectivity index is 1.70. The molecule has 0 saturated carbocycles. The van der Waals surface area contributed by atoms with Gasteiger partial charge in [0.05, 0.1) is 13.7 Å². The molecule has 1 saturated heterocycles. The van der Waals surface area contributed by atoms with Crippen LogP contribution in [0.4, 0.5) is 0 Å². The van der Waals surface area contributed by atoms with Gasteiger partial charge in [0.1, 0.15) is 18.5 Å². The standard InChI is InChI=1S/C18H18BrNO3/c1-22-16-8-2-13(3-9-16)10-20-11-17(23-12-18(20)21)14-4-6-15(19)7-5-14/h2-9,17H,10-12H2,1H3/t17-/m0/s1. The molecule has 0 aliphatic carbocycles. The molecule has 2 aromatic rings. The van der Waals surface area contributed by atoms with Gasteiger partial charge in [0.25, 0.3) is 0 Å². The average molecular weight is 376 g/mol. The number of carbonyl (C=O) groups is 1. The van der Waals surface area contributed by atoms with E-state index in [1.807, 2.05) is 53.4 Å². The van der Waals surface area contributed by atoms with Crippen LogP contribution in [0.15, 0.2) is 53.0 Å². The first-order valence-corrected chi connectivity index (χ1v) is 8.23. The number of amides is 1. The molecule has 0 spiro atoms. The van der Waals surface area contributed by atoms with Gasteiger partial charge in [-0.05, 0) is 35.4 Å². The lowest BCUT2D eigenvalue weighted by Gasteiger charge is -2.33. The molecule has 0 radical (unpaired) electrons. The second-order valence-corrected chi connectivity index (χ2v) is 6.39. The number of benzene rings is 2. The summed E-state index contributed by atoms with van der Waals surface area (Å²) in [6.07, 6.45) is -0.0842. The number of ether oxygens (including phenoxy) is 2. The Hall–Kier alpha value is -1.85. The molecule has 4 nitrogen and oxygen atoms in total. The van der Waals surface area contributed by atoms with Crippen molar-refractivity contribution in [2.45, 2.75) is 12.6 Å². The molecule has 1 aliphatic rings. The number of morpholine rings is 1. The summed E-state index contributed by atoms with van der Waals surface area (Å²) in [5, 5.41) is 0. The van der Waals surface area contributed by atoms with Crippen molar-refractivity contribution in [3.63, 3.8) is 0 Å². The molecule has 0 N–H and O–H groups in total. The fraction of sp³-hybridized carbons (Fsp3) is 0.278. The molecular formula is C18H18BrNO3. The Morgan fingerprint density at radius 2 is 1.87 bits per heavy atom. The van der Waals surface area contributed by atoms with Gasteiger partial charge in [0.15, 0.2) is 0 Å². The summed E-state index contributed by atoms with van der Waals surface area (Å²) in [5.74, 6) is 0.837. The van der Waals surface area contributed by atoms with Crippen LogP contribution in [0.25, 0.3) is 0 Å². The molecule has 1 amide bonds. The summed E-state index contributed by atoms with van der Waals surface area (Å²) < 4.78 is 11.9. The van der Waals surface area contributed by atoms with E-state index in [9.17, 15) is 4.79 Å². The molecule has 120 valence electrons. The lowest BCUT2D eigenvalue weighted by Crippen LogP contribution is -2.42. The first kappa shape index (κ1) is 16.0. The Kier molecular flexibility index (Phi) is 4.98. The van der Waals surface area contributed by atoms with Crippen LogP contribution in [0.2, 0.25) is 0 Å². The second-order valence-electron chi connectivity index (χ2n) is 5.47. The summed E-state index contributed by atoms with van der Waals surface area (Å²) in [4.78, 5) is 14.0. The van der Waals surface area contributed by atoms with E-state index >= 15 is 0 Å². The highest BCUT2D eigenvalue weighted by molar-refractivity contribution is 9.10. The van der Waals surface area contributed by atoms with E-state index < -0.39 is 0 Å². The maximum atomic E-state index is 12.1. The molecule has 1 aliphatic heterocycles. The number of methoxy groups -OCH3 is 1. The summed E-state index contributed by atoms with van der Waals surface area (Å²) in [6.45, 7) is 1.27. The van der Waals surface area contributed by atoms with E-state index in [4.69, 9.17) is 9.47 Å². The highest BCUT2D eigenvalue weighted by atomic mass is 79.9. The van der Waals surface area contributed by atoms with Crippen LogP contribution < -0.4 is 4.74 Å². The minimum Gasteiger partial charge on any atom is -0.497 e. The van der Waals surface area contributed by atoms with Crippen molar-refractivity contribution in [2.75, 3.05) is 20.3 Å². The lowest BCUT2D eigenvalue weighted by atomic mass is 10.1. The molecule has 1 atom stereocenters. The molecule has 3 rings (SSSR count). The molecule has 5 heteroatoms. The zero-order valence-corrected chi connectivity index (χ0v) is 14.5. The van der Waals surface area contributed by atoms with E-state index in [1.165, 1.54) is 0 Å². The summed E-state index contributed by atoms with van der Waals surface area (Å²) in [5.41, 5.74) is 2.16. The van der Waals surface area contributed by atoms with E-state index in [1.54, 1.807) is 7.11 Å². The summed E-state index contributed by atoms with van der Waals surface area (Å²) in [7, 11) is 1.64. The number of nitrogens with zero attached hydrogens (tertiary/aromatic N) is 1. The Labute approximate surface area is 144 Å². The van der Waals surface area contributed by atoms with Gasteiger partial charge in [-0.1, -0.05) is 40.2 Å². The maximum Gasteiger partial charge on any atom is 0.249 e. The van der Waals surface area contributed by atoms with Gasteiger partial charge in [-0.25, -0.2) is 0 Å². The number of carbonyl (C=O) groups excluding carboxylic acids is 1. The van der Waals surface area contributed by atoms with Crippen LogP contribution in [0.5, 0.6) is 5.75 Å². The third-order valence-electron chi connectivity index (χ3n) is 3.92. The molecule has 1 heterocycles. The summed E-state index contributed by atoms with van der Waals surface area (Å²) >= 11 is 3.43. The first-order chi connectivity index (χ1) is 11.2. The average Bonchev–Trinajstić information content (AvgIpc) is 2.58. The molecule has 0 aromatic heterocycles. The van der Waals surface area contributed by atoms with Gasteiger partial charge in [-0.3, -0.25) is 4.79 Å². The van der Waals surface area contributed by atoms with Crippen molar-refractivity contribution in [1.82, 2.24) is 4.90 Å². The van der Waals surface area contributed by atoms with Crippen LogP contribution in [0.3, 0.4) is 0 Å². The topological polar surface area (TPSA) is 38.8 Å². The number of rotatable bonds is 4. The van der Waals surface area contributed by atoms with Crippen molar-refractivity contribution in [3.8, 4) is 5.75 Å². The molecule has 0 unspecified atom stereocenters. The Morgan fingerprint density at radius 1 is 1.17 bits per heavy atom. The molecule has 2 aromatic carbocycles. The van der Waals surface area contributed by atoms with Crippen molar-refractivity contribution >= 4 is 21.8 Å².